The Hall–Kier alpha value is -1.42. The van der Waals surface area contributed by atoms with Gasteiger partial charge in [0.2, 0.25) is 0 Å². The van der Waals surface area contributed by atoms with Crippen LogP contribution in [0.5, 0.6) is 0 Å². The van der Waals surface area contributed by atoms with Gasteiger partial charge in [0.15, 0.2) is 0 Å². The first-order valence-corrected chi connectivity index (χ1v) is 6.95. The highest BCUT2D eigenvalue weighted by atomic mass is 16.6. The van der Waals surface area contributed by atoms with Gasteiger partial charge in [-0.1, -0.05) is 6.07 Å². The number of hydrogen-bond acceptors (Lipinski definition) is 4. The molecule has 4 heteroatoms. The molecule has 0 aromatic carbocycles. The summed E-state index contributed by atoms with van der Waals surface area (Å²) in [5, 5.41) is 0. The highest BCUT2D eigenvalue weighted by molar-refractivity contribution is 5.72. The minimum absolute atomic E-state index is 0.131. The van der Waals surface area contributed by atoms with Crippen LogP contribution in [0, 0.1) is 0 Å². The van der Waals surface area contributed by atoms with E-state index in [0.717, 1.165) is 5.69 Å². The van der Waals surface area contributed by atoms with Crippen molar-refractivity contribution in [3.63, 3.8) is 0 Å². The van der Waals surface area contributed by atoms with Crippen LogP contribution in [0.4, 0.5) is 0 Å². The van der Waals surface area contributed by atoms with Crippen LogP contribution in [0.1, 0.15) is 47.2 Å². The van der Waals surface area contributed by atoms with Crippen molar-refractivity contribution in [2.45, 2.75) is 59.2 Å². The maximum absolute atomic E-state index is 12.0. The van der Waals surface area contributed by atoms with Gasteiger partial charge in [-0.05, 0) is 53.7 Å². The molecule has 0 saturated carbocycles. The monoisotopic (exact) mass is 278 g/mol. The van der Waals surface area contributed by atoms with E-state index in [1.807, 2.05) is 39.0 Å². The van der Waals surface area contributed by atoms with Gasteiger partial charge in [-0.25, -0.2) is 0 Å². The molecule has 0 aliphatic heterocycles. The second-order valence-corrected chi connectivity index (χ2v) is 6.93. The molecule has 1 heterocycles. The van der Waals surface area contributed by atoms with Crippen molar-refractivity contribution < 1.29 is 9.53 Å². The average Bonchev–Trinajstić information content (AvgIpc) is 2.25. The predicted octanol–water partition coefficient (Wildman–Crippen LogP) is 3.02. The standard InChI is InChI=1S/C16H26N2O2/c1-15(2,3)18(11-13-9-7-8-10-17-13)12-14(19)20-16(4,5)6/h7-10H,11-12H2,1-6H3. The van der Waals surface area contributed by atoms with Crippen molar-refractivity contribution in [1.82, 2.24) is 9.88 Å². The highest BCUT2D eigenvalue weighted by Crippen LogP contribution is 2.17. The molecule has 0 unspecified atom stereocenters. The van der Waals surface area contributed by atoms with Gasteiger partial charge < -0.3 is 4.74 Å². The third-order valence-corrected chi connectivity index (χ3v) is 2.77. The van der Waals surface area contributed by atoms with Crippen molar-refractivity contribution in [3.8, 4) is 0 Å². The van der Waals surface area contributed by atoms with Crippen LogP contribution in [0.15, 0.2) is 24.4 Å². The maximum atomic E-state index is 12.0. The number of rotatable bonds is 4. The molecule has 1 rings (SSSR count). The summed E-state index contributed by atoms with van der Waals surface area (Å²) in [6.07, 6.45) is 1.77. The molecule has 0 amide bonds. The third kappa shape index (κ3) is 6.15. The molecule has 0 fully saturated rings. The summed E-state index contributed by atoms with van der Waals surface area (Å²) in [7, 11) is 0. The van der Waals surface area contributed by atoms with Crippen LogP contribution in [-0.4, -0.2) is 33.5 Å². The first-order chi connectivity index (χ1) is 9.08. The zero-order valence-electron chi connectivity index (χ0n) is 13.4. The van der Waals surface area contributed by atoms with E-state index in [2.05, 4.69) is 30.7 Å². The Morgan fingerprint density at radius 3 is 2.30 bits per heavy atom. The fourth-order valence-electron chi connectivity index (χ4n) is 1.75. The van der Waals surface area contributed by atoms with Crippen LogP contribution >= 0.6 is 0 Å². The molecular formula is C16H26N2O2. The minimum atomic E-state index is -0.453. The van der Waals surface area contributed by atoms with Gasteiger partial charge in [0.25, 0.3) is 0 Å². The summed E-state index contributed by atoms with van der Waals surface area (Å²) in [5.74, 6) is -0.205. The van der Waals surface area contributed by atoms with Crippen molar-refractivity contribution in [2.75, 3.05) is 6.54 Å². The van der Waals surface area contributed by atoms with E-state index in [0.29, 0.717) is 6.54 Å². The third-order valence-electron chi connectivity index (χ3n) is 2.77. The lowest BCUT2D eigenvalue weighted by Gasteiger charge is -2.35. The summed E-state index contributed by atoms with van der Waals surface area (Å²) in [6.45, 7) is 12.8. The van der Waals surface area contributed by atoms with E-state index in [1.165, 1.54) is 0 Å². The normalized spacial score (nSPS) is 12.6. The fraction of sp³-hybridized carbons (Fsp3) is 0.625. The van der Waals surface area contributed by atoms with E-state index in [4.69, 9.17) is 4.74 Å². The number of aromatic nitrogens is 1. The summed E-state index contributed by atoms with van der Waals surface area (Å²) < 4.78 is 5.40. The zero-order valence-corrected chi connectivity index (χ0v) is 13.4. The van der Waals surface area contributed by atoms with Crippen molar-refractivity contribution in [1.29, 1.82) is 0 Å². The molecule has 0 N–H and O–H groups in total. The van der Waals surface area contributed by atoms with Crippen LogP contribution < -0.4 is 0 Å². The minimum Gasteiger partial charge on any atom is -0.459 e. The fourth-order valence-corrected chi connectivity index (χ4v) is 1.75. The van der Waals surface area contributed by atoms with E-state index in [-0.39, 0.29) is 18.1 Å². The number of carbonyl (C=O) groups excluding carboxylic acids is 1. The van der Waals surface area contributed by atoms with E-state index >= 15 is 0 Å². The molecule has 0 bridgehead atoms. The molecule has 1 aromatic rings. The number of hydrogen-bond donors (Lipinski definition) is 0. The van der Waals surface area contributed by atoms with E-state index in [9.17, 15) is 4.79 Å². The first-order valence-electron chi connectivity index (χ1n) is 6.95. The smallest absolute Gasteiger partial charge is 0.320 e. The summed E-state index contributed by atoms with van der Waals surface area (Å²) in [4.78, 5) is 18.4. The molecule has 0 radical (unpaired) electrons. The number of carbonyl (C=O) groups is 1. The predicted molar refractivity (Wildman–Crippen MR) is 80.2 cm³/mol. The number of nitrogens with zero attached hydrogens (tertiary/aromatic N) is 2. The van der Waals surface area contributed by atoms with Gasteiger partial charge in [-0.3, -0.25) is 14.7 Å². The lowest BCUT2D eigenvalue weighted by molar-refractivity contribution is -0.157. The average molecular weight is 278 g/mol. The largest absolute Gasteiger partial charge is 0.459 e. The van der Waals surface area contributed by atoms with Crippen LogP contribution in [0.2, 0.25) is 0 Å². The van der Waals surface area contributed by atoms with Gasteiger partial charge in [0, 0.05) is 18.3 Å². The Labute approximate surface area is 122 Å². The summed E-state index contributed by atoms with van der Waals surface area (Å²) >= 11 is 0. The SMILES string of the molecule is CC(C)(C)OC(=O)CN(Cc1ccccn1)C(C)(C)C. The topological polar surface area (TPSA) is 42.4 Å². The second-order valence-electron chi connectivity index (χ2n) is 6.93. The number of esters is 1. The molecule has 20 heavy (non-hydrogen) atoms. The Morgan fingerprint density at radius 2 is 1.85 bits per heavy atom. The molecule has 0 spiro atoms. The van der Waals surface area contributed by atoms with Crippen LogP contribution in [0.3, 0.4) is 0 Å². The summed E-state index contributed by atoms with van der Waals surface area (Å²) in [5.41, 5.74) is 0.367. The molecule has 112 valence electrons. The molecular weight excluding hydrogens is 252 g/mol. The van der Waals surface area contributed by atoms with Gasteiger partial charge in [-0.2, -0.15) is 0 Å². The number of pyridine rings is 1. The van der Waals surface area contributed by atoms with Gasteiger partial charge in [0.05, 0.1) is 12.2 Å². The molecule has 0 aliphatic carbocycles. The lowest BCUT2D eigenvalue weighted by atomic mass is 10.1. The van der Waals surface area contributed by atoms with Crippen molar-refractivity contribution in [3.05, 3.63) is 30.1 Å². The Morgan fingerprint density at radius 1 is 1.20 bits per heavy atom. The van der Waals surface area contributed by atoms with Crippen LogP contribution in [-0.2, 0) is 16.1 Å². The van der Waals surface area contributed by atoms with Gasteiger partial charge in [-0.15, -0.1) is 0 Å². The Bertz CT molecular complexity index is 430. The van der Waals surface area contributed by atoms with Gasteiger partial charge >= 0.3 is 5.97 Å². The lowest BCUT2D eigenvalue weighted by Crippen LogP contribution is -2.45. The molecule has 1 aromatic heterocycles. The molecule has 4 nitrogen and oxygen atoms in total. The maximum Gasteiger partial charge on any atom is 0.320 e. The van der Waals surface area contributed by atoms with E-state index in [1.54, 1.807) is 6.20 Å². The summed E-state index contributed by atoms with van der Waals surface area (Å²) in [6, 6.07) is 5.81. The van der Waals surface area contributed by atoms with E-state index < -0.39 is 5.60 Å². The molecule has 0 atom stereocenters. The second kappa shape index (κ2) is 6.35. The quantitative estimate of drug-likeness (QED) is 0.794. The molecule has 0 aliphatic rings. The van der Waals surface area contributed by atoms with Crippen LogP contribution in [0.25, 0.3) is 0 Å². The van der Waals surface area contributed by atoms with Gasteiger partial charge in [0.1, 0.15) is 5.60 Å². The first kappa shape index (κ1) is 16.6. The Kier molecular flexibility index (Phi) is 5.28. The Balaban J connectivity index is 2.74. The van der Waals surface area contributed by atoms with Crippen molar-refractivity contribution in [2.24, 2.45) is 0 Å². The number of ether oxygens (including phenoxy) is 1. The van der Waals surface area contributed by atoms with Crippen molar-refractivity contribution >= 4 is 5.97 Å². The highest BCUT2D eigenvalue weighted by Gasteiger charge is 2.26. The zero-order chi connectivity index (χ0) is 15.4. The molecule has 0 saturated heterocycles.